The number of halogens is 7. The second-order valence-electron chi connectivity index (χ2n) is 4.63. The number of aryl methyl sites for hydroxylation is 1. The van der Waals surface area contributed by atoms with Gasteiger partial charge in [0.15, 0.2) is 0 Å². The molecule has 1 aromatic rings. The minimum absolute atomic E-state index is 0.0596. The van der Waals surface area contributed by atoms with Crippen LogP contribution in [-0.4, -0.2) is 18.6 Å². The van der Waals surface area contributed by atoms with Crippen molar-refractivity contribution in [2.75, 3.05) is 6.54 Å². The molecule has 1 atom stereocenters. The Morgan fingerprint density at radius 2 is 1.76 bits per heavy atom. The average Bonchev–Trinajstić information content (AvgIpc) is 2.34. The van der Waals surface area contributed by atoms with E-state index >= 15 is 0 Å². The van der Waals surface area contributed by atoms with E-state index in [4.69, 9.17) is 11.6 Å². The summed E-state index contributed by atoms with van der Waals surface area (Å²) in [7, 11) is 0. The van der Waals surface area contributed by atoms with Gasteiger partial charge < -0.3 is 5.32 Å². The topological polar surface area (TPSA) is 12.0 Å². The zero-order valence-electron chi connectivity index (χ0n) is 11.3. The molecule has 1 aromatic carbocycles. The minimum atomic E-state index is -5.75. The van der Waals surface area contributed by atoms with E-state index in [1.54, 1.807) is 6.92 Å². The maximum Gasteiger partial charge on any atom is 0.455 e. The summed E-state index contributed by atoms with van der Waals surface area (Å²) >= 11 is 5.65. The summed E-state index contributed by atoms with van der Waals surface area (Å²) in [5, 5.41) is 1.67. The summed E-state index contributed by atoms with van der Waals surface area (Å²) in [4.78, 5) is 0. The molecule has 0 aromatic heterocycles. The maximum absolute atomic E-state index is 13.7. The molecule has 120 valence electrons. The maximum atomic E-state index is 13.7. The molecule has 0 saturated carbocycles. The highest BCUT2D eigenvalue weighted by molar-refractivity contribution is 6.31. The van der Waals surface area contributed by atoms with Gasteiger partial charge in [0.2, 0.25) is 0 Å². The SMILES string of the molecule is CCCNC(c1cc(C)c(F)cc1Cl)C(F)(F)C(F)(F)F. The molecule has 21 heavy (non-hydrogen) atoms. The van der Waals surface area contributed by atoms with Crippen molar-refractivity contribution in [2.24, 2.45) is 0 Å². The molecule has 1 unspecified atom stereocenters. The Morgan fingerprint density at radius 1 is 1.19 bits per heavy atom. The number of hydrogen-bond donors (Lipinski definition) is 1. The summed E-state index contributed by atoms with van der Waals surface area (Å²) in [5.41, 5.74) is -0.540. The second-order valence-corrected chi connectivity index (χ2v) is 5.04. The predicted molar refractivity (Wildman–Crippen MR) is 68.2 cm³/mol. The number of hydrogen-bond acceptors (Lipinski definition) is 1. The highest BCUT2D eigenvalue weighted by Crippen LogP contribution is 2.46. The molecule has 1 nitrogen and oxygen atoms in total. The van der Waals surface area contributed by atoms with Crippen LogP contribution >= 0.6 is 11.6 Å². The van der Waals surface area contributed by atoms with Crippen LogP contribution in [0.1, 0.15) is 30.5 Å². The molecular weight excluding hydrogens is 320 g/mol. The first-order valence-corrected chi connectivity index (χ1v) is 6.53. The number of rotatable bonds is 5. The lowest BCUT2D eigenvalue weighted by Crippen LogP contribution is -2.48. The van der Waals surface area contributed by atoms with Crippen molar-refractivity contribution in [3.8, 4) is 0 Å². The summed E-state index contributed by atoms with van der Waals surface area (Å²) in [6.07, 6.45) is -5.40. The third kappa shape index (κ3) is 3.83. The third-order valence-corrected chi connectivity index (χ3v) is 3.26. The Bertz CT molecular complexity index is 500. The van der Waals surface area contributed by atoms with Crippen LogP contribution in [0, 0.1) is 12.7 Å². The predicted octanol–water partition coefficient (Wildman–Crippen LogP) is 5.03. The van der Waals surface area contributed by atoms with E-state index in [1.165, 1.54) is 6.92 Å². The van der Waals surface area contributed by atoms with Gasteiger partial charge in [-0.3, -0.25) is 0 Å². The number of alkyl halides is 5. The number of benzene rings is 1. The first-order chi connectivity index (χ1) is 9.52. The fraction of sp³-hybridized carbons (Fsp3) is 0.538. The Balaban J connectivity index is 3.36. The van der Waals surface area contributed by atoms with Gasteiger partial charge >= 0.3 is 12.1 Å². The van der Waals surface area contributed by atoms with Gasteiger partial charge in [-0.15, -0.1) is 0 Å². The molecule has 0 fully saturated rings. The zero-order valence-corrected chi connectivity index (χ0v) is 12.0. The van der Waals surface area contributed by atoms with Gasteiger partial charge in [0.25, 0.3) is 0 Å². The molecule has 1 rings (SSSR count). The molecular formula is C13H14ClF6N. The average molecular weight is 334 g/mol. The Kier molecular flexibility index (Phi) is 5.55. The molecule has 8 heteroatoms. The van der Waals surface area contributed by atoms with Crippen LogP contribution in [0.15, 0.2) is 12.1 Å². The van der Waals surface area contributed by atoms with Gasteiger partial charge in [0.05, 0.1) is 0 Å². The zero-order chi connectivity index (χ0) is 16.4. The van der Waals surface area contributed by atoms with E-state index in [-0.39, 0.29) is 12.1 Å². The van der Waals surface area contributed by atoms with Crippen molar-refractivity contribution in [1.29, 1.82) is 0 Å². The standard InChI is InChI=1S/C13H14ClF6N/c1-3-4-21-11(12(16,17)13(18,19)20)8-5-7(2)10(15)6-9(8)14/h5-6,11,21H,3-4H2,1-2H3. The number of nitrogens with one attached hydrogen (secondary N) is 1. The monoisotopic (exact) mass is 333 g/mol. The molecule has 1 N–H and O–H groups in total. The van der Waals surface area contributed by atoms with Crippen LogP contribution in [0.3, 0.4) is 0 Å². The summed E-state index contributed by atoms with van der Waals surface area (Å²) < 4.78 is 78.4. The van der Waals surface area contributed by atoms with Crippen LogP contribution < -0.4 is 5.32 Å². The van der Waals surface area contributed by atoms with E-state index in [0.717, 1.165) is 12.1 Å². The lowest BCUT2D eigenvalue weighted by atomic mass is 9.97. The fourth-order valence-electron chi connectivity index (χ4n) is 1.79. The highest BCUT2D eigenvalue weighted by atomic mass is 35.5. The summed E-state index contributed by atoms with van der Waals surface area (Å²) in [6, 6.07) is -0.728. The molecule has 0 spiro atoms. The van der Waals surface area contributed by atoms with Gasteiger partial charge in [-0.25, -0.2) is 4.39 Å². The van der Waals surface area contributed by atoms with Crippen molar-refractivity contribution in [1.82, 2.24) is 5.32 Å². The first kappa shape index (κ1) is 18.1. The minimum Gasteiger partial charge on any atom is -0.305 e. The van der Waals surface area contributed by atoms with Crippen LogP contribution in [0.5, 0.6) is 0 Å². The lowest BCUT2D eigenvalue weighted by Gasteiger charge is -2.30. The third-order valence-electron chi connectivity index (χ3n) is 2.93. The van der Waals surface area contributed by atoms with Crippen molar-refractivity contribution in [2.45, 2.75) is 38.4 Å². The van der Waals surface area contributed by atoms with E-state index in [2.05, 4.69) is 5.32 Å². The smallest absolute Gasteiger partial charge is 0.305 e. The van der Waals surface area contributed by atoms with Crippen LogP contribution in [0.25, 0.3) is 0 Å². The van der Waals surface area contributed by atoms with Gasteiger partial charge in [0.1, 0.15) is 11.9 Å². The molecule has 0 heterocycles. The lowest BCUT2D eigenvalue weighted by molar-refractivity contribution is -0.294. The van der Waals surface area contributed by atoms with Crippen LogP contribution in [-0.2, 0) is 0 Å². The molecule has 0 radical (unpaired) electrons. The van der Waals surface area contributed by atoms with Gasteiger partial charge in [-0.05, 0) is 43.1 Å². The Morgan fingerprint density at radius 3 is 2.24 bits per heavy atom. The quantitative estimate of drug-likeness (QED) is 0.746. The normalized spacial score (nSPS) is 14.3. The first-order valence-electron chi connectivity index (χ1n) is 6.15. The van der Waals surface area contributed by atoms with Gasteiger partial charge in [-0.2, -0.15) is 22.0 Å². The second kappa shape index (κ2) is 6.44. The Hall–Kier alpha value is -0.950. The van der Waals surface area contributed by atoms with Crippen molar-refractivity contribution < 1.29 is 26.3 Å². The van der Waals surface area contributed by atoms with Crippen molar-refractivity contribution in [3.05, 3.63) is 34.1 Å². The van der Waals surface area contributed by atoms with Crippen molar-refractivity contribution >= 4 is 11.6 Å². The largest absolute Gasteiger partial charge is 0.455 e. The van der Waals surface area contributed by atoms with Crippen molar-refractivity contribution in [3.63, 3.8) is 0 Å². The molecule has 0 aliphatic rings. The summed E-state index contributed by atoms with van der Waals surface area (Å²) in [5.74, 6) is -5.80. The van der Waals surface area contributed by atoms with E-state index in [1.807, 2.05) is 0 Å². The molecule has 0 amide bonds. The molecule has 0 saturated heterocycles. The Labute approximate surface area is 123 Å². The van der Waals surface area contributed by atoms with E-state index in [0.29, 0.717) is 6.42 Å². The van der Waals surface area contributed by atoms with Crippen LogP contribution in [0.2, 0.25) is 5.02 Å². The molecule has 0 aliphatic carbocycles. The molecule has 0 bridgehead atoms. The van der Waals surface area contributed by atoms with Gasteiger partial charge in [-0.1, -0.05) is 18.5 Å². The summed E-state index contributed by atoms with van der Waals surface area (Å²) in [6.45, 7) is 2.81. The van der Waals surface area contributed by atoms with Gasteiger partial charge in [0, 0.05) is 5.02 Å². The highest BCUT2D eigenvalue weighted by Gasteiger charge is 2.62. The van der Waals surface area contributed by atoms with E-state index in [9.17, 15) is 26.3 Å². The fourth-order valence-corrected chi connectivity index (χ4v) is 2.05. The van der Waals surface area contributed by atoms with E-state index < -0.39 is 34.5 Å². The van der Waals surface area contributed by atoms with Crippen LogP contribution in [0.4, 0.5) is 26.3 Å². The molecule has 0 aliphatic heterocycles.